The molecule has 1 N–H and O–H groups in total. The first-order valence-corrected chi connectivity index (χ1v) is 13.2. The van der Waals surface area contributed by atoms with Crippen LogP contribution in [0.2, 0.25) is 0 Å². The van der Waals surface area contributed by atoms with Gasteiger partial charge in [0.25, 0.3) is 5.91 Å². The first kappa shape index (κ1) is 27.7. The molecule has 1 fully saturated rings. The average molecular weight is 603 g/mol. The topological polar surface area (TPSA) is 71.7 Å². The van der Waals surface area contributed by atoms with E-state index in [1.54, 1.807) is 21.6 Å². The highest BCUT2D eigenvalue weighted by Crippen LogP contribution is 2.34. The van der Waals surface area contributed by atoms with Crippen molar-refractivity contribution in [3.8, 4) is 16.9 Å². The minimum absolute atomic E-state index is 0.00979. The second kappa shape index (κ2) is 10.4. The van der Waals surface area contributed by atoms with Gasteiger partial charge in [0.1, 0.15) is 11.3 Å². The second-order valence-corrected chi connectivity index (χ2v) is 10.2. The summed E-state index contributed by atoms with van der Waals surface area (Å²) in [6.07, 6.45) is -1.07. The molecule has 0 spiro atoms. The van der Waals surface area contributed by atoms with Gasteiger partial charge in [0.15, 0.2) is 22.1 Å². The molecule has 1 saturated heterocycles. The smallest absolute Gasteiger partial charge is 0.337 e. The van der Waals surface area contributed by atoms with E-state index >= 15 is 0 Å². The average Bonchev–Trinajstić information content (AvgIpc) is 3.56. The summed E-state index contributed by atoms with van der Waals surface area (Å²) < 4.78 is 85.4. The predicted molar refractivity (Wildman–Crippen MR) is 143 cm³/mol. The van der Waals surface area contributed by atoms with Gasteiger partial charge in [-0.15, -0.1) is 0 Å². The van der Waals surface area contributed by atoms with Crippen LogP contribution in [0.4, 0.5) is 26.3 Å². The lowest BCUT2D eigenvalue weighted by Gasteiger charge is -2.32. The van der Waals surface area contributed by atoms with E-state index in [2.05, 4.69) is 15.1 Å². The molecule has 7 nitrogen and oxygen atoms in total. The molecule has 216 valence electrons. The number of aromatic amines is 1. The highest BCUT2D eigenvalue weighted by molar-refractivity contribution is 7.71. The van der Waals surface area contributed by atoms with Gasteiger partial charge in [-0.2, -0.15) is 18.3 Å². The van der Waals surface area contributed by atoms with Crippen LogP contribution in [-0.4, -0.2) is 48.2 Å². The zero-order chi connectivity index (χ0) is 29.8. The number of carbonyl (C=O) groups is 1. The van der Waals surface area contributed by atoms with Crippen LogP contribution in [0.3, 0.4) is 0 Å². The molecular weight excluding hydrogens is 582 g/mol. The summed E-state index contributed by atoms with van der Waals surface area (Å²) >= 11 is 5.37. The number of piperidine rings is 1. The van der Waals surface area contributed by atoms with Crippen LogP contribution in [0, 0.1) is 22.2 Å². The third-order valence-corrected chi connectivity index (χ3v) is 7.57. The lowest BCUT2D eigenvalue weighted by atomic mass is 10.0. The lowest BCUT2D eigenvalue weighted by Crippen LogP contribution is -2.39. The van der Waals surface area contributed by atoms with Crippen molar-refractivity contribution in [2.24, 2.45) is 0 Å². The molecular formula is C28H20F6N6OS. The van der Waals surface area contributed by atoms with E-state index in [0.29, 0.717) is 41.7 Å². The molecule has 42 heavy (non-hydrogen) atoms. The molecule has 0 radical (unpaired) electrons. The number of carbonyl (C=O) groups excluding carboxylic acids is 1. The number of nitrogens with zero attached hydrogens (tertiary/aromatic N) is 5. The third kappa shape index (κ3) is 4.85. The molecule has 1 aliphatic heterocycles. The Balaban J connectivity index is 1.29. The lowest BCUT2D eigenvalue weighted by molar-refractivity contribution is -0.140. The second-order valence-electron chi connectivity index (χ2n) is 9.81. The summed E-state index contributed by atoms with van der Waals surface area (Å²) in [5, 5.41) is 4.34. The van der Waals surface area contributed by atoms with Crippen molar-refractivity contribution in [1.29, 1.82) is 0 Å². The van der Waals surface area contributed by atoms with Gasteiger partial charge in [0.05, 0.1) is 22.5 Å². The molecule has 2 aromatic carbocycles. The zero-order valence-corrected chi connectivity index (χ0v) is 22.3. The first-order chi connectivity index (χ1) is 20.0. The van der Waals surface area contributed by atoms with E-state index in [1.165, 1.54) is 29.2 Å². The summed E-state index contributed by atoms with van der Waals surface area (Å²) in [7, 11) is 0. The molecule has 0 atom stereocenters. The summed E-state index contributed by atoms with van der Waals surface area (Å²) in [5.74, 6) is -3.93. The molecule has 6 rings (SSSR count). The number of H-pyrrole nitrogens is 1. The Morgan fingerprint density at radius 1 is 1.00 bits per heavy atom. The highest BCUT2D eigenvalue weighted by atomic mass is 32.1. The highest BCUT2D eigenvalue weighted by Gasteiger charge is 2.34. The van der Waals surface area contributed by atoms with Crippen LogP contribution in [0.15, 0.2) is 60.9 Å². The predicted octanol–water partition coefficient (Wildman–Crippen LogP) is 6.86. The van der Waals surface area contributed by atoms with E-state index in [1.807, 2.05) is 0 Å². The van der Waals surface area contributed by atoms with Crippen LogP contribution < -0.4 is 0 Å². The Bertz CT molecular complexity index is 1870. The normalized spacial score (nSPS) is 14.6. The quantitative estimate of drug-likeness (QED) is 0.180. The Labute approximate surface area is 239 Å². The maximum Gasteiger partial charge on any atom is 0.419 e. The molecule has 14 heteroatoms. The number of hydrogen-bond acceptors (Lipinski definition) is 4. The Morgan fingerprint density at radius 3 is 2.43 bits per heavy atom. The number of hydrogen-bond donors (Lipinski definition) is 1. The van der Waals surface area contributed by atoms with Crippen LogP contribution in [-0.2, 0) is 6.18 Å². The number of alkyl halides is 3. The Hall–Kier alpha value is -4.46. The van der Waals surface area contributed by atoms with Crippen molar-refractivity contribution < 1.29 is 31.1 Å². The van der Waals surface area contributed by atoms with Crippen LogP contribution >= 0.6 is 12.2 Å². The number of rotatable bonds is 4. The molecule has 0 bridgehead atoms. The Kier molecular flexibility index (Phi) is 6.87. The third-order valence-electron chi connectivity index (χ3n) is 7.28. The monoisotopic (exact) mass is 602 g/mol. The number of imidazole rings is 1. The van der Waals surface area contributed by atoms with E-state index in [9.17, 15) is 31.1 Å². The van der Waals surface area contributed by atoms with E-state index < -0.39 is 35.1 Å². The van der Waals surface area contributed by atoms with Gasteiger partial charge in [0.2, 0.25) is 0 Å². The van der Waals surface area contributed by atoms with Gasteiger partial charge in [-0.05, 0) is 67.5 Å². The number of fused-ring (bicyclic) bond motifs is 1. The van der Waals surface area contributed by atoms with Crippen molar-refractivity contribution in [3.63, 3.8) is 0 Å². The molecule has 4 heterocycles. The van der Waals surface area contributed by atoms with Crippen LogP contribution in [0.25, 0.3) is 28.0 Å². The first-order valence-electron chi connectivity index (χ1n) is 12.8. The fraction of sp³-hybridized carbons (Fsp3) is 0.214. The molecule has 0 unspecified atom stereocenters. The summed E-state index contributed by atoms with van der Waals surface area (Å²) in [6.45, 7) is 0.498. The van der Waals surface area contributed by atoms with Crippen molar-refractivity contribution in [3.05, 3.63) is 94.4 Å². The zero-order valence-electron chi connectivity index (χ0n) is 21.5. The largest absolute Gasteiger partial charge is 0.419 e. The van der Waals surface area contributed by atoms with Crippen LogP contribution in [0.5, 0.6) is 0 Å². The minimum atomic E-state index is -4.87. The molecule has 1 amide bonds. The van der Waals surface area contributed by atoms with Crippen molar-refractivity contribution >= 4 is 29.2 Å². The maximum atomic E-state index is 14.7. The van der Waals surface area contributed by atoms with Crippen LogP contribution in [0.1, 0.15) is 34.9 Å². The number of benzene rings is 2. The van der Waals surface area contributed by atoms with Gasteiger partial charge in [-0.25, -0.2) is 17.9 Å². The van der Waals surface area contributed by atoms with E-state index in [0.717, 1.165) is 12.1 Å². The summed E-state index contributed by atoms with van der Waals surface area (Å²) in [6, 6.07) is 9.32. The van der Waals surface area contributed by atoms with Crippen molar-refractivity contribution in [2.75, 3.05) is 13.1 Å². The Morgan fingerprint density at radius 2 is 1.76 bits per heavy atom. The molecule has 1 aliphatic rings. The number of likely N-dealkylation sites (tertiary alicyclic amines) is 1. The van der Waals surface area contributed by atoms with Gasteiger partial charge in [-0.1, -0.05) is 0 Å². The van der Waals surface area contributed by atoms with E-state index in [4.69, 9.17) is 12.2 Å². The number of amides is 1. The van der Waals surface area contributed by atoms with E-state index in [-0.39, 0.29) is 40.8 Å². The van der Waals surface area contributed by atoms with Gasteiger partial charge < -0.3 is 14.5 Å². The van der Waals surface area contributed by atoms with Gasteiger partial charge in [-0.3, -0.25) is 9.78 Å². The number of aromatic nitrogens is 5. The van der Waals surface area contributed by atoms with Crippen molar-refractivity contribution in [1.82, 2.24) is 29.2 Å². The van der Waals surface area contributed by atoms with Gasteiger partial charge in [0, 0.05) is 43.2 Å². The fourth-order valence-corrected chi connectivity index (χ4v) is 5.61. The fourth-order valence-electron chi connectivity index (χ4n) is 5.26. The van der Waals surface area contributed by atoms with Gasteiger partial charge >= 0.3 is 6.18 Å². The molecule has 0 saturated carbocycles. The molecule has 5 aromatic rings. The standard InChI is InChI=1S/C28H20F6N6OS/c29-19-5-6-21-25(24(19)31)39(27(42)36-21)16-7-10-38(11-8-16)26(41)22-13-23(15-2-1-9-35-14-15)40(37-22)17-3-4-18(20(30)12-17)28(32,33)34/h1-6,9,12-14,16H,7-8,10-11H2,(H,36,42). The summed E-state index contributed by atoms with van der Waals surface area (Å²) in [5.41, 5.74) is -0.212. The summed E-state index contributed by atoms with van der Waals surface area (Å²) in [4.78, 5) is 22.0. The molecule has 3 aromatic heterocycles. The number of pyridine rings is 1. The maximum absolute atomic E-state index is 14.7. The molecule has 0 aliphatic carbocycles. The number of nitrogens with one attached hydrogen (secondary N) is 1. The number of halogens is 6. The SMILES string of the molecule is O=C(c1cc(-c2cccnc2)n(-c2ccc(C(F)(F)F)c(F)c2)n1)N1CCC(n2c(=S)[nH]c3ccc(F)c(F)c32)CC1. The van der Waals surface area contributed by atoms with Crippen molar-refractivity contribution in [2.45, 2.75) is 25.1 Å². The minimum Gasteiger partial charge on any atom is -0.337 e.